The quantitative estimate of drug-likeness (QED) is 0.449. The van der Waals surface area contributed by atoms with E-state index in [1.54, 1.807) is 5.57 Å². The molecule has 2 spiro atoms. The molecule has 0 amide bonds. The Morgan fingerprint density at radius 2 is 2.00 bits per heavy atom. The fraction of sp³-hybridized carbons (Fsp3) is 0.606. The van der Waals surface area contributed by atoms with Crippen LogP contribution in [0.3, 0.4) is 0 Å². The highest BCUT2D eigenvalue weighted by atomic mass is 16.5. The molecule has 1 aromatic heterocycles. The van der Waals surface area contributed by atoms with Gasteiger partial charge in [-0.2, -0.15) is 0 Å². The third-order valence-electron chi connectivity index (χ3n) is 11.2. The van der Waals surface area contributed by atoms with Gasteiger partial charge in [0.2, 0.25) is 0 Å². The summed E-state index contributed by atoms with van der Waals surface area (Å²) in [4.78, 5) is 7.12. The summed E-state index contributed by atoms with van der Waals surface area (Å²) in [6, 6.07) is 10.5. The number of hydrogen-bond acceptors (Lipinski definition) is 3. The number of fused-ring (bicyclic) bond motifs is 2. The van der Waals surface area contributed by atoms with E-state index < -0.39 is 0 Å². The molecule has 3 heteroatoms. The summed E-state index contributed by atoms with van der Waals surface area (Å²) in [6.45, 7) is 10.8. The molecule has 3 heterocycles. The summed E-state index contributed by atoms with van der Waals surface area (Å²) in [5, 5.41) is 2.56. The Balaban J connectivity index is 1.24. The molecular weight excluding hydrogens is 440 g/mol. The van der Waals surface area contributed by atoms with E-state index in [1.165, 1.54) is 73.3 Å². The number of pyridine rings is 1. The number of ether oxygens (including phenoxy) is 1. The third-order valence-corrected chi connectivity index (χ3v) is 11.2. The van der Waals surface area contributed by atoms with Gasteiger partial charge in [-0.05, 0) is 123 Å². The summed E-state index contributed by atoms with van der Waals surface area (Å²) in [5.74, 6) is 1.19. The van der Waals surface area contributed by atoms with Crippen molar-refractivity contribution in [2.24, 2.45) is 11.3 Å². The van der Waals surface area contributed by atoms with Crippen LogP contribution in [0.1, 0.15) is 90.5 Å². The van der Waals surface area contributed by atoms with E-state index >= 15 is 0 Å². The zero-order valence-electron chi connectivity index (χ0n) is 22.6. The summed E-state index contributed by atoms with van der Waals surface area (Å²) < 4.78 is 7.55. The van der Waals surface area contributed by atoms with Gasteiger partial charge in [0, 0.05) is 29.9 Å². The molecule has 0 N–H and O–H groups in total. The number of aromatic nitrogens is 1. The van der Waals surface area contributed by atoms with Gasteiger partial charge in [-0.25, -0.2) is 0 Å². The molecule has 1 unspecified atom stereocenters. The lowest BCUT2D eigenvalue weighted by Gasteiger charge is -2.55. The minimum absolute atomic E-state index is 0.0203. The maximum Gasteiger partial charge on any atom is 0.0974 e. The predicted molar refractivity (Wildman–Crippen MR) is 147 cm³/mol. The minimum atomic E-state index is -0.0690. The summed E-state index contributed by atoms with van der Waals surface area (Å²) >= 11 is 0. The lowest BCUT2D eigenvalue weighted by Crippen LogP contribution is -2.56. The van der Waals surface area contributed by atoms with Crippen molar-refractivity contribution in [2.45, 2.75) is 108 Å². The van der Waals surface area contributed by atoms with E-state index in [4.69, 9.17) is 4.74 Å². The van der Waals surface area contributed by atoms with Crippen molar-refractivity contribution in [2.75, 3.05) is 6.54 Å². The number of allylic oxidation sites excluding steroid dienone is 1. The molecule has 0 radical (unpaired) electrons. The largest absolute Gasteiger partial charge is 0.359 e. The average molecular weight is 483 g/mol. The topological polar surface area (TPSA) is 25.4 Å². The first-order chi connectivity index (χ1) is 17.4. The fourth-order valence-corrected chi connectivity index (χ4v) is 9.58. The second-order valence-electron chi connectivity index (χ2n) is 13.0. The first-order valence-electron chi connectivity index (χ1n) is 14.6. The second kappa shape index (κ2) is 8.01. The molecule has 7 rings (SSSR count). The van der Waals surface area contributed by atoms with E-state index in [9.17, 15) is 0 Å². The summed E-state index contributed by atoms with van der Waals surface area (Å²) in [7, 11) is 0. The number of hydrogen-bond donors (Lipinski definition) is 0. The van der Waals surface area contributed by atoms with Crippen molar-refractivity contribution in [1.29, 1.82) is 0 Å². The van der Waals surface area contributed by atoms with Crippen molar-refractivity contribution in [1.82, 2.24) is 9.88 Å². The molecule has 2 saturated carbocycles. The molecule has 1 saturated heterocycles. The van der Waals surface area contributed by atoms with Gasteiger partial charge < -0.3 is 4.74 Å². The van der Waals surface area contributed by atoms with Crippen molar-refractivity contribution >= 4 is 10.8 Å². The van der Waals surface area contributed by atoms with Crippen LogP contribution < -0.4 is 0 Å². The minimum Gasteiger partial charge on any atom is -0.359 e. The molecule has 1 aromatic carbocycles. The lowest BCUT2D eigenvalue weighted by molar-refractivity contribution is -0.141. The molecule has 2 bridgehead atoms. The van der Waals surface area contributed by atoms with Gasteiger partial charge in [0.05, 0.1) is 11.2 Å². The van der Waals surface area contributed by atoms with Gasteiger partial charge in [-0.15, -0.1) is 0 Å². The normalized spacial score (nSPS) is 39.1. The lowest BCUT2D eigenvalue weighted by atomic mass is 9.58. The van der Waals surface area contributed by atoms with Crippen LogP contribution in [0.5, 0.6) is 0 Å². The van der Waals surface area contributed by atoms with Gasteiger partial charge in [0.1, 0.15) is 0 Å². The van der Waals surface area contributed by atoms with Crippen LogP contribution in [0.25, 0.3) is 10.8 Å². The third kappa shape index (κ3) is 3.08. The average Bonchev–Trinajstić information content (AvgIpc) is 3.39. The van der Waals surface area contributed by atoms with E-state index in [0.29, 0.717) is 23.9 Å². The van der Waals surface area contributed by atoms with Crippen LogP contribution >= 0.6 is 0 Å². The standard InChI is InChI=1S/C33H42N2O/c1-5-35(22(2)3)28-9-8-26-19-27-12-14-31(4)29(24-7-6-23-13-17-34-21-25(23)18-24)10-11-30(31)33(27)16-15-32(26,20-28)36-33/h6-7,12-13,17-19,21-22,28-30H,5,8-11,14-16,20H2,1-4H3/t28-,29?,30+,31+,32+,33+/m0/s1. The van der Waals surface area contributed by atoms with Crippen molar-refractivity contribution < 1.29 is 4.74 Å². The molecule has 3 aliphatic carbocycles. The van der Waals surface area contributed by atoms with Crippen LogP contribution in [0.4, 0.5) is 0 Å². The molecule has 3 fully saturated rings. The highest BCUT2D eigenvalue weighted by Crippen LogP contribution is 2.69. The molecule has 5 aliphatic rings. The Bertz CT molecular complexity index is 1260. The predicted octanol–water partition coefficient (Wildman–Crippen LogP) is 7.58. The molecule has 190 valence electrons. The monoisotopic (exact) mass is 482 g/mol. The van der Waals surface area contributed by atoms with Gasteiger partial charge >= 0.3 is 0 Å². The van der Waals surface area contributed by atoms with Crippen LogP contribution in [0.15, 0.2) is 60.0 Å². The molecule has 3 nitrogen and oxygen atoms in total. The van der Waals surface area contributed by atoms with Crippen LogP contribution in [0, 0.1) is 11.3 Å². The smallest absolute Gasteiger partial charge is 0.0974 e. The fourth-order valence-electron chi connectivity index (χ4n) is 9.58. The maximum absolute atomic E-state index is 7.55. The highest BCUT2D eigenvalue weighted by Gasteiger charge is 2.66. The van der Waals surface area contributed by atoms with Crippen molar-refractivity contribution in [3.63, 3.8) is 0 Å². The molecular formula is C33H42N2O. The Kier molecular flexibility index (Phi) is 5.16. The molecule has 2 aliphatic heterocycles. The first-order valence-corrected chi connectivity index (χ1v) is 14.6. The summed E-state index contributed by atoms with van der Waals surface area (Å²) in [5.41, 5.74) is 4.80. The van der Waals surface area contributed by atoms with Gasteiger partial charge in [-0.3, -0.25) is 9.88 Å². The SMILES string of the molecule is CCN(C(C)C)[C@H]1CCC2=CC3=CC[C@]4(C)C(c5ccc6ccncc6c5)CC[C@H]4[C@@]34CC[C@]2(C1)O4. The Labute approximate surface area is 217 Å². The highest BCUT2D eigenvalue weighted by molar-refractivity contribution is 5.82. The van der Waals surface area contributed by atoms with Crippen LogP contribution in [-0.4, -0.2) is 39.7 Å². The van der Waals surface area contributed by atoms with Gasteiger partial charge in [-0.1, -0.05) is 38.1 Å². The molecule has 2 aromatic rings. The van der Waals surface area contributed by atoms with Crippen LogP contribution in [-0.2, 0) is 4.74 Å². The summed E-state index contributed by atoms with van der Waals surface area (Å²) in [6.07, 6.45) is 19.0. The second-order valence-corrected chi connectivity index (χ2v) is 13.0. The molecule has 36 heavy (non-hydrogen) atoms. The van der Waals surface area contributed by atoms with E-state index in [1.807, 2.05) is 12.4 Å². The van der Waals surface area contributed by atoms with Crippen LogP contribution in [0.2, 0.25) is 0 Å². The number of benzene rings is 1. The van der Waals surface area contributed by atoms with E-state index in [0.717, 1.165) is 6.54 Å². The number of rotatable bonds is 4. The first kappa shape index (κ1) is 23.2. The van der Waals surface area contributed by atoms with Crippen molar-refractivity contribution in [3.8, 4) is 0 Å². The van der Waals surface area contributed by atoms with E-state index in [2.05, 4.69) is 74.0 Å². The zero-order chi connectivity index (χ0) is 24.7. The Hall–Kier alpha value is -1.97. The zero-order valence-corrected chi connectivity index (χ0v) is 22.6. The number of nitrogens with zero attached hydrogens (tertiary/aromatic N) is 2. The Morgan fingerprint density at radius 3 is 2.83 bits per heavy atom. The van der Waals surface area contributed by atoms with E-state index in [-0.39, 0.29) is 16.6 Å². The van der Waals surface area contributed by atoms with Crippen molar-refractivity contribution in [3.05, 3.63) is 65.5 Å². The molecule has 6 atom stereocenters. The Morgan fingerprint density at radius 1 is 1.11 bits per heavy atom. The van der Waals surface area contributed by atoms with Gasteiger partial charge in [0.25, 0.3) is 0 Å². The maximum atomic E-state index is 7.55. The van der Waals surface area contributed by atoms with Gasteiger partial charge in [0.15, 0.2) is 0 Å².